The number of hydrogen-bond acceptors (Lipinski definition) is 2. The Morgan fingerprint density at radius 1 is 1.07 bits per heavy atom. The van der Waals surface area contributed by atoms with Crippen LogP contribution in [-0.4, -0.2) is 14.0 Å². The van der Waals surface area contributed by atoms with Crippen LogP contribution in [0, 0.1) is 18.6 Å². The minimum Gasteiger partial charge on any atom is -0.311 e. The van der Waals surface area contributed by atoms with Gasteiger partial charge in [-0.05, 0) is 31.2 Å². The van der Waals surface area contributed by atoms with Crippen LogP contribution in [0.3, 0.4) is 0 Å². The van der Waals surface area contributed by atoms with Crippen molar-refractivity contribution in [1.29, 1.82) is 0 Å². The molecule has 0 aliphatic carbocycles. The van der Waals surface area contributed by atoms with E-state index in [0.29, 0.717) is 22.2 Å². The number of benzene rings is 2. The molecule has 0 saturated carbocycles. The second-order valence-corrected chi connectivity index (χ2v) is 6.65. The van der Waals surface area contributed by atoms with Gasteiger partial charge >= 0.3 is 0 Å². The van der Waals surface area contributed by atoms with Crippen molar-refractivity contribution in [2.45, 2.75) is 13.5 Å². The summed E-state index contributed by atoms with van der Waals surface area (Å²) in [5.74, 6) is -0.973. The first-order valence-electron chi connectivity index (χ1n) is 8.22. The van der Waals surface area contributed by atoms with Gasteiger partial charge in [0.2, 0.25) is 5.78 Å². The van der Waals surface area contributed by atoms with E-state index in [2.05, 4.69) is 4.98 Å². The summed E-state index contributed by atoms with van der Waals surface area (Å²) < 4.78 is 31.2. The molecule has 0 amide bonds. The summed E-state index contributed by atoms with van der Waals surface area (Å²) in [6.07, 6.45) is 1.61. The van der Waals surface area contributed by atoms with E-state index in [1.54, 1.807) is 42.0 Å². The molecule has 0 aliphatic heterocycles. The van der Waals surface area contributed by atoms with Crippen LogP contribution in [0.4, 0.5) is 8.78 Å². The molecule has 2 aromatic heterocycles. The average Bonchev–Trinajstić information content (AvgIpc) is 3.07. The molecule has 0 radical (unpaired) electrons. The molecule has 0 bridgehead atoms. The Hall–Kier alpha value is -2.99. The van der Waals surface area contributed by atoms with Gasteiger partial charge in [-0.25, -0.2) is 13.8 Å². The number of imidazole rings is 1. The summed E-state index contributed by atoms with van der Waals surface area (Å²) in [4.78, 5) is 16.9. The van der Waals surface area contributed by atoms with Crippen LogP contribution in [0.1, 0.15) is 11.3 Å². The van der Waals surface area contributed by atoms with Crippen LogP contribution in [0.2, 0.25) is 5.02 Å². The molecule has 2 heterocycles. The van der Waals surface area contributed by atoms with Crippen LogP contribution in [0.25, 0.3) is 17.0 Å². The molecule has 7 heteroatoms. The molecule has 0 atom stereocenters. The second kappa shape index (κ2) is 6.63. The normalized spacial score (nSPS) is 11.3. The van der Waals surface area contributed by atoms with Gasteiger partial charge in [0, 0.05) is 34.1 Å². The minimum absolute atomic E-state index is 0.0782. The van der Waals surface area contributed by atoms with Crippen LogP contribution < -0.4 is 5.56 Å². The largest absolute Gasteiger partial charge is 0.311 e. The first-order valence-corrected chi connectivity index (χ1v) is 8.60. The topological polar surface area (TPSA) is 39.3 Å². The molecular formula is C20H14ClF2N3O. The van der Waals surface area contributed by atoms with Gasteiger partial charge in [-0.15, -0.1) is 0 Å². The van der Waals surface area contributed by atoms with Crippen LogP contribution in [-0.2, 0) is 6.54 Å². The predicted molar refractivity (Wildman–Crippen MR) is 100 cm³/mol. The number of nitrogens with zero attached hydrogens (tertiary/aromatic N) is 3. The fourth-order valence-corrected chi connectivity index (χ4v) is 3.13. The highest BCUT2D eigenvalue weighted by atomic mass is 35.5. The predicted octanol–water partition coefficient (Wildman–Crippen LogP) is 4.45. The molecule has 27 heavy (non-hydrogen) atoms. The summed E-state index contributed by atoms with van der Waals surface area (Å²) in [5.41, 5.74) is 1.56. The Kier molecular flexibility index (Phi) is 4.28. The fourth-order valence-electron chi connectivity index (χ4n) is 3.00. The zero-order valence-electron chi connectivity index (χ0n) is 14.3. The number of aryl methyl sites for hydroxylation is 1. The molecule has 4 rings (SSSR count). The van der Waals surface area contributed by atoms with E-state index in [0.717, 1.165) is 5.56 Å². The highest BCUT2D eigenvalue weighted by Gasteiger charge is 2.15. The lowest BCUT2D eigenvalue weighted by molar-refractivity contribution is 0.542. The number of fused-ring (bicyclic) bond motifs is 1. The standard InChI is InChI=1S/C20H14ClF2N3O/c1-12-9-19(27)26-11-18(13-5-7-14(21)8-6-13)24-20(26)25(12)10-15-16(22)3-2-4-17(15)23/h2-9,11H,10H2,1H3. The summed E-state index contributed by atoms with van der Waals surface area (Å²) >= 11 is 5.92. The Bertz CT molecular complexity index is 1190. The second-order valence-electron chi connectivity index (χ2n) is 6.21. The maximum absolute atomic E-state index is 14.1. The van der Waals surface area contributed by atoms with E-state index < -0.39 is 11.6 Å². The van der Waals surface area contributed by atoms with E-state index in [4.69, 9.17) is 11.6 Å². The molecule has 0 aliphatic rings. The van der Waals surface area contributed by atoms with Gasteiger partial charge in [-0.2, -0.15) is 0 Å². The summed E-state index contributed by atoms with van der Waals surface area (Å²) in [5, 5.41) is 0.591. The zero-order valence-corrected chi connectivity index (χ0v) is 15.0. The molecular weight excluding hydrogens is 372 g/mol. The first kappa shape index (κ1) is 17.4. The van der Waals surface area contributed by atoms with Gasteiger partial charge in [-0.1, -0.05) is 29.8 Å². The third-order valence-corrected chi connectivity index (χ3v) is 4.69. The Morgan fingerprint density at radius 2 is 1.74 bits per heavy atom. The van der Waals surface area contributed by atoms with Gasteiger partial charge in [0.15, 0.2) is 0 Å². The molecule has 2 aromatic carbocycles. The van der Waals surface area contributed by atoms with E-state index in [1.165, 1.54) is 28.7 Å². The molecule has 4 aromatic rings. The van der Waals surface area contributed by atoms with Gasteiger partial charge in [0.25, 0.3) is 5.56 Å². The Morgan fingerprint density at radius 3 is 2.41 bits per heavy atom. The molecule has 0 spiro atoms. The quantitative estimate of drug-likeness (QED) is 0.522. The number of hydrogen-bond donors (Lipinski definition) is 0. The minimum atomic E-state index is -0.643. The van der Waals surface area contributed by atoms with E-state index in [1.807, 2.05) is 0 Å². The van der Waals surface area contributed by atoms with Crippen molar-refractivity contribution in [2.24, 2.45) is 0 Å². The van der Waals surface area contributed by atoms with Gasteiger partial charge < -0.3 is 4.57 Å². The lowest BCUT2D eigenvalue weighted by Gasteiger charge is -2.13. The van der Waals surface area contributed by atoms with E-state index in [9.17, 15) is 13.6 Å². The van der Waals surface area contributed by atoms with Crippen LogP contribution in [0.15, 0.2) is 59.5 Å². The van der Waals surface area contributed by atoms with Crippen molar-refractivity contribution in [3.05, 3.63) is 93.0 Å². The Labute approximate surface area is 158 Å². The monoisotopic (exact) mass is 385 g/mol. The molecule has 0 unspecified atom stereocenters. The van der Waals surface area contributed by atoms with E-state index in [-0.39, 0.29) is 17.7 Å². The third-order valence-electron chi connectivity index (χ3n) is 4.44. The smallest absolute Gasteiger partial charge is 0.259 e. The highest BCUT2D eigenvalue weighted by Crippen LogP contribution is 2.22. The maximum Gasteiger partial charge on any atom is 0.259 e. The Balaban J connectivity index is 1.90. The lowest BCUT2D eigenvalue weighted by Crippen LogP contribution is -2.20. The third kappa shape index (κ3) is 3.13. The summed E-state index contributed by atoms with van der Waals surface area (Å²) in [6, 6.07) is 12.2. The van der Waals surface area contributed by atoms with Crippen molar-refractivity contribution in [3.8, 4) is 11.3 Å². The van der Waals surface area contributed by atoms with Crippen molar-refractivity contribution in [3.63, 3.8) is 0 Å². The highest BCUT2D eigenvalue weighted by molar-refractivity contribution is 6.30. The molecule has 0 N–H and O–H groups in total. The van der Waals surface area contributed by atoms with Crippen molar-refractivity contribution in [2.75, 3.05) is 0 Å². The van der Waals surface area contributed by atoms with Crippen LogP contribution in [0.5, 0.6) is 0 Å². The SMILES string of the molecule is Cc1cc(=O)n2cc(-c3ccc(Cl)cc3)nc2n1Cc1c(F)cccc1F. The first-order chi connectivity index (χ1) is 12.9. The summed E-state index contributed by atoms with van der Waals surface area (Å²) in [7, 11) is 0. The number of aromatic nitrogens is 3. The van der Waals surface area contributed by atoms with Crippen molar-refractivity contribution < 1.29 is 8.78 Å². The number of rotatable bonds is 3. The average molecular weight is 386 g/mol. The fraction of sp³-hybridized carbons (Fsp3) is 0.100. The van der Waals surface area contributed by atoms with Crippen LogP contribution >= 0.6 is 11.6 Å². The summed E-state index contributed by atoms with van der Waals surface area (Å²) in [6.45, 7) is 1.63. The van der Waals surface area contributed by atoms with Crippen molar-refractivity contribution >= 4 is 17.4 Å². The van der Waals surface area contributed by atoms with Gasteiger partial charge in [0.05, 0.1) is 12.2 Å². The maximum atomic E-state index is 14.1. The molecule has 0 saturated heterocycles. The van der Waals surface area contributed by atoms with Gasteiger partial charge in [0.1, 0.15) is 11.6 Å². The zero-order chi connectivity index (χ0) is 19.1. The molecule has 136 valence electrons. The lowest BCUT2D eigenvalue weighted by atomic mass is 10.2. The molecule has 0 fully saturated rings. The molecule has 4 nitrogen and oxygen atoms in total. The van der Waals surface area contributed by atoms with Gasteiger partial charge in [-0.3, -0.25) is 9.20 Å². The number of halogens is 3. The van der Waals surface area contributed by atoms with Crippen molar-refractivity contribution in [1.82, 2.24) is 14.0 Å². The van der Waals surface area contributed by atoms with E-state index >= 15 is 0 Å².